The minimum Gasteiger partial charge on any atom is -0.350 e. The number of halogens is 3. The van der Waals surface area contributed by atoms with E-state index in [0.29, 0.717) is 29.2 Å². The zero-order valence-corrected chi connectivity index (χ0v) is 16.8. The summed E-state index contributed by atoms with van der Waals surface area (Å²) in [5, 5.41) is 12.3. The molecule has 2 heterocycles. The van der Waals surface area contributed by atoms with Gasteiger partial charge >= 0.3 is 6.18 Å². The minimum atomic E-state index is -4.56. The third-order valence-corrected chi connectivity index (χ3v) is 5.68. The number of nitrogens with zero attached hydrogens (tertiary/aromatic N) is 4. The van der Waals surface area contributed by atoms with Crippen LogP contribution in [-0.4, -0.2) is 40.0 Å². The molecule has 0 saturated carbocycles. The van der Waals surface area contributed by atoms with Crippen LogP contribution in [0.25, 0.3) is 5.57 Å². The fourth-order valence-electron chi connectivity index (χ4n) is 4.06. The number of hydrogen-bond donors (Lipinski definition) is 1. The summed E-state index contributed by atoms with van der Waals surface area (Å²) in [6, 6.07) is 7.60. The average molecular weight is 413 g/mol. The first-order valence-electron chi connectivity index (χ1n) is 9.95. The maximum Gasteiger partial charge on any atom is 0.419 e. The zero-order valence-electron chi connectivity index (χ0n) is 16.8. The van der Waals surface area contributed by atoms with Gasteiger partial charge in [0, 0.05) is 36.9 Å². The third-order valence-electron chi connectivity index (χ3n) is 5.68. The van der Waals surface area contributed by atoms with Gasteiger partial charge in [-0.05, 0) is 49.9 Å². The van der Waals surface area contributed by atoms with E-state index in [1.165, 1.54) is 0 Å². The Morgan fingerprint density at radius 2 is 2.10 bits per heavy atom. The summed E-state index contributed by atoms with van der Waals surface area (Å²) in [6.45, 7) is 5.98. The number of nitriles is 1. The van der Waals surface area contributed by atoms with Gasteiger partial charge in [0.2, 0.25) is 5.95 Å². The van der Waals surface area contributed by atoms with Crippen LogP contribution in [0, 0.1) is 11.3 Å². The second-order valence-corrected chi connectivity index (χ2v) is 7.98. The van der Waals surface area contributed by atoms with Gasteiger partial charge in [0.05, 0.1) is 17.3 Å². The predicted molar refractivity (Wildman–Crippen MR) is 108 cm³/mol. The summed E-state index contributed by atoms with van der Waals surface area (Å²) >= 11 is 0. The topological polar surface area (TPSA) is 64.8 Å². The number of rotatable bonds is 4. The molecular weight excluding hydrogens is 391 g/mol. The molecule has 1 saturated heterocycles. The molecule has 30 heavy (non-hydrogen) atoms. The smallest absolute Gasteiger partial charge is 0.350 e. The lowest BCUT2D eigenvalue weighted by molar-refractivity contribution is -0.138. The largest absolute Gasteiger partial charge is 0.419 e. The number of nitrogens with one attached hydrogen (secondary N) is 1. The molecule has 156 valence electrons. The molecule has 0 bridgehead atoms. The van der Waals surface area contributed by atoms with Gasteiger partial charge in [-0.1, -0.05) is 12.1 Å². The molecule has 2 aliphatic rings. The maximum atomic E-state index is 13.7. The molecular formula is C22H22F3N5. The highest BCUT2D eigenvalue weighted by Crippen LogP contribution is 2.39. The lowest BCUT2D eigenvalue weighted by atomic mass is 9.99. The summed E-state index contributed by atoms with van der Waals surface area (Å²) in [6.07, 6.45) is -0.603. The molecule has 5 nitrogen and oxygen atoms in total. The van der Waals surface area contributed by atoms with E-state index in [-0.39, 0.29) is 17.7 Å². The van der Waals surface area contributed by atoms with Crippen molar-refractivity contribution in [3.05, 3.63) is 58.4 Å². The highest BCUT2D eigenvalue weighted by Gasteiger charge is 2.37. The first kappa shape index (κ1) is 20.4. The second-order valence-electron chi connectivity index (χ2n) is 7.98. The van der Waals surface area contributed by atoms with E-state index in [0.717, 1.165) is 31.3 Å². The fraction of sp³-hybridized carbons (Fsp3) is 0.409. The van der Waals surface area contributed by atoms with E-state index in [2.05, 4.69) is 40.1 Å². The van der Waals surface area contributed by atoms with Crippen molar-refractivity contribution in [2.45, 2.75) is 44.9 Å². The number of aromatic nitrogens is 2. The molecule has 1 N–H and O–H groups in total. The van der Waals surface area contributed by atoms with Crippen molar-refractivity contribution in [3.8, 4) is 6.07 Å². The molecule has 1 aromatic heterocycles. The van der Waals surface area contributed by atoms with Crippen LogP contribution in [-0.2, 0) is 12.6 Å². The van der Waals surface area contributed by atoms with Gasteiger partial charge in [-0.2, -0.15) is 18.4 Å². The van der Waals surface area contributed by atoms with Crippen molar-refractivity contribution in [1.82, 2.24) is 14.9 Å². The molecule has 8 heteroatoms. The van der Waals surface area contributed by atoms with Gasteiger partial charge in [0.1, 0.15) is 5.56 Å². The van der Waals surface area contributed by atoms with Crippen LogP contribution in [0.4, 0.5) is 19.1 Å². The number of benzene rings is 1. The Bertz CT molecular complexity index is 1040. The van der Waals surface area contributed by atoms with Crippen molar-refractivity contribution in [3.63, 3.8) is 0 Å². The quantitative estimate of drug-likeness (QED) is 0.812. The lowest BCUT2D eigenvalue weighted by Gasteiger charge is -2.21. The van der Waals surface area contributed by atoms with Crippen molar-refractivity contribution in [2.75, 3.05) is 18.4 Å². The van der Waals surface area contributed by atoms with E-state index in [9.17, 15) is 13.2 Å². The van der Waals surface area contributed by atoms with Gasteiger partial charge in [0.15, 0.2) is 0 Å². The second kappa shape index (κ2) is 7.73. The molecule has 0 unspecified atom stereocenters. The molecule has 0 spiro atoms. The van der Waals surface area contributed by atoms with Crippen LogP contribution in [0.2, 0.25) is 0 Å². The van der Waals surface area contributed by atoms with E-state index in [1.807, 2.05) is 0 Å². The Morgan fingerprint density at radius 3 is 2.77 bits per heavy atom. The van der Waals surface area contributed by atoms with Gasteiger partial charge in [-0.15, -0.1) is 0 Å². The predicted octanol–water partition coefficient (Wildman–Crippen LogP) is 4.25. The van der Waals surface area contributed by atoms with Crippen molar-refractivity contribution in [2.24, 2.45) is 0 Å². The van der Waals surface area contributed by atoms with Crippen molar-refractivity contribution >= 4 is 11.5 Å². The van der Waals surface area contributed by atoms with Crippen LogP contribution in [0.3, 0.4) is 0 Å². The summed E-state index contributed by atoms with van der Waals surface area (Å²) in [5.74, 6) is 0.205. The molecule has 0 amide bonds. The van der Waals surface area contributed by atoms with Gasteiger partial charge in [-0.3, -0.25) is 4.90 Å². The van der Waals surface area contributed by atoms with E-state index >= 15 is 0 Å². The number of hydrogen-bond acceptors (Lipinski definition) is 5. The monoisotopic (exact) mass is 413 g/mol. The molecule has 1 atom stereocenters. The molecule has 4 rings (SSSR count). The minimum absolute atomic E-state index is 0.0972. The molecule has 1 aliphatic carbocycles. The first-order valence-corrected chi connectivity index (χ1v) is 9.95. The van der Waals surface area contributed by atoms with Gasteiger partial charge < -0.3 is 5.32 Å². The van der Waals surface area contributed by atoms with Crippen LogP contribution < -0.4 is 5.32 Å². The van der Waals surface area contributed by atoms with Crippen molar-refractivity contribution < 1.29 is 13.2 Å². The van der Waals surface area contributed by atoms with Gasteiger partial charge in [-0.25, -0.2) is 9.97 Å². The zero-order chi connectivity index (χ0) is 21.5. The SMILES string of the molecule is CC(C)N1CC[C@H](Nc2ncc(C(F)(F)F)c(C3=CCc4cc(C#N)ccc43)n2)C1. The lowest BCUT2D eigenvalue weighted by Crippen LogP contribution is -2.31. The molecule has 1 aromatic carbocycles. The Morgan fingerprint density at radius 1 is 1.30 bits per heavy atom. The molecule has 1 aliphatic heterocycles. The first-order chi connectivity index (χ1) is 14.3. The molecule has 1 fully saturated rings. The Balaban J connectivity index is 1.67. The van der Waals surface area contributed by atoms with E-state index < -0.39 is 11.7 Å². The average Bonchev–Trinajstić information content (AvgIpc) is 3.33. The normalized spacial score (nSPS) is 19.0. The number of likely N-dealkylation sites (tertiary alicyclic amines) is 1. The number of allylic oxidation sites excluding steroid dienone is 1. The molecule has 2 aromatic rings. The third kappa shape index (κ3) is 3.90. The summed E-state index contributed by atoms with van der Waals surface area (Å²) in [4.78, 5) is 10.6. The van der Waals surface area contributed by atoms with Crippen LogP contribution >= 0.6 is 0 Å². The fourth-order valence-corrected chi connectivity index (χ4v) is 4.06. The van der Waals surface area contributed by atoms with Crippen LogP contribution in [0.15, 0.2) is 30.5 Å². The summed E-state index contributed by atoms with van der Waals surface area (Å²) in [7, 11) is 0. The maximum absolute atomic E-state index is 13.7. The Labute approximate surface area is 173 Å². The van der Waals surface area contributed by atoms with Gasteiger partial charge in [0.25, 0.3) is 0 Å². The van der Waals surface area contributed by atoms with Crippen molar-refractivity contribution in [1.29, 1.82) is 5.26 Å². The Kier molecular flexibility index (Phi) is 5.24. The van der Waals surface area contributed by atoms with Crippen LogP contribution in [0.1, 0.15) is 48.2 Å². The van der Waals surface area contributed by atoms with E-state index in [4.69, 9.17) is 5.26 Å². The summed E-state index contributed by atoms with van der Waals surface area (Å²) in [5.41, 5.74) is 1.45. The summed E-state index contributed by atoms with van der Waals surface area (Å²) < 4.78 is 41.1. The standard InChI is InChI=1S/C22H22F3N5/c1-13(2)30-8-7-16(12-30)28-21-27-11-19(22(23,24)25)20(29-21)18-6-4-15-9-14(10-26)3-5-17(15)18/h3,5-6,9,11,13,16H,4,7-8,12H2,1-2H3,(H,27,28,29)/t16-/m0/s1. The number of anilines is 1. The Hall–Kier alpha value is -2.92. The highest BCUT2D eigenvalue weighted by atomic mass is 19.4. The number of fused-ring (bicyclic) bond motifs is 1. The number of alkyl halides is 3. The van der Waals surface area contributed by atoms with Crippen LogP contribution in [0.5, 0.6) is 0 Å². The highest BCUT2D eigenvalue weighted by molar-refractivity contribution is 5.85. The molecule has 0 radical (unpaired) electrons. The van der Waals surface area contributed by atoms with E-state index in [1.54, 1.807) is 24.3 Å².